The number of hydrogen-bond donors (Lipinski definition) is 2. The highest BCUT2D eigenvalue weighted by atomic mass is 16.3. The van der Waals surface area contributed by atoms with Crippen molar-refractivity contribution in [1.29, 1.82) is 0 Å². The lowest BCUT2D eigenvalue weighted by Gasteiger charge is -2.18. The van der Waals surface area contributed by atoms with Crippen LogP contribution in [0.4, 0.5) is 0 Å². The lowest BCUT2D eigenvalue weighted by molar-refractivity contribution is 0.0941. The molecule has 1 aromatic heterocycles. The van der Waals surface area contributed by atoms with Crippen LogP contribution in [0.15, 0.2) is 18.5 Å². The van der Waals surface area contributed by atoms with Crippen molar-refractivity contribution in [2.45, 2.75) is 26.7 Å². The van der Waals surface area contributed by atoms with Gasteiger partial charge in [-0.05, 0) is 30.7 Å². The van der Waals surface area contributed by atoms with E-state index in [1.54, 1.807) is 6.07 Å². The lowest BCUT2D eigenvalue weighted by Crippen LogP contribution is -2.30. The lowest BCUT2D eigenvalue weighted by atomic mass is 9.94. The van der Waals surface area contributed by atoms with Gasteiger partial charge in [0.15, 0.2) is 0 Å². The van der Waals surface area contributed by atoms with Gasteiger partial charge in [0.05, 0.1) is 18.0 Å². The van der Waals surface area contributed by atoms with E-state index in [0.29, 0.717) is 30.4 Å². The second kappa shape index (κ2) is 7.76. The molecular formula is C13H21N3O2. The number of aliphatic hydroxyl groups is 1. The van der Waals surface area contributed by atoms with Crippen LogP contribution in [-0.2, 0) is 0 Å². The molecule has 18 heavy (non-hydrogen) atoms. The molecule has 1 atom stereocenters. The van der Waals surface area contributed by atoms with Crippen molar-refractivity contribution >= 4 is 5.91 Å². The Kier molecular flexibility index (Phi) is 6.28. The van der Waals surface area contributed by atoms with Crippen LogP contribution < -0.4 is 5.32 Å². The molecule has 1 unspecified atom stereocenters. The van der Waals surface area contributed by atoms with E-state index in [2.05, 4.69) is 29.4 Å². The third kappa shape index (κ3) is 5.23. The minimum Gasteiger partial charge on any atom is -0.396 e. The fourth-order valence-electron chi connectivity index (χ4n) is 1.92. The average molecular weight is 251 g/mol. The summed E-state index contributed by atoms with van der Waals surface area (Å²) in [4.78, 5) is 11.8. The molecule has 0 aliphatic carbocycles. The molecular weight excluding hydrogens is 230 g/mol. The first-order chi connectivity index (χ1) is 8.63. The molecule has 0 fully saturated rings. The average Bonchev–Trinajstić information content (AvgIpc) is 2.36. The van der Waals surface area contributed by atoms with Crippen LogP contribution >= 0.6 is 0 Å². The Morgan fingerprint density at radius 1 is 1.44 bits per heavy atom. The molecule has 100 valence electrons. The minimum atomic E-state index is -0.142. The largest absolute Gasteiger partial charge is 0.396 e. The smallest absolute Gasteiger partial charge is 0.252 e. The van der Waals surface area contributed by atoms with E-state index in [1.165, 1.54) is 12.4 Å². The van der Waals surface area contributed by atoms with E-state index < -0.39 is 0 Å². The molecule has 0 bridgehead atoms. The summed E-state index contributed by atoms with van der Waals surface area (Å²) in [7, 11) is 0. The zero-order valence-corrected chi connectivity index (χ0v) is 11.0. The first kappa shape index (κ1) is 14.6. The summed E-state index contributed by atoms with van der Waals surface area (Å²) in [6, 6.07) is 1.63. The molecule has 5 nitrogen and oxygen atoms in total. The fourth-order valence-corrected chi connectivity index (χ4v) is 1.92. The Labute approximate surface area is 108 Å². The van der Waals surface area contributed by atoms with Crippen LogP contribution in [0.2, 0.25) is 0 Å². The predicted molar refractivity (Wildman–Crippen MR) is 69.0 cm³/mol. The molecule has 5 heteroatoms. The number of nitrogens with zero attached hydrogens (tertiary/aromatic N) is 2. The van der Waals surface area contributed by atoms with Crippen LogP contribution in [0.25, 0.3) is 0 Å². The van der Waals surface area contributed by atoms with Gasteiger partial charge < -0.3 is 10.4 Å². The molecule has 0 aliphatic rings. The Bertz CT molecular complexity index is 355. The van der Waals surface area contributed by atoms with Gasteiger partial charge in [0.1, 0.15) is 0 Å². The molecule has 1 aromatic rings. The van der Waals surface area contributed by atoms with Gasteiger partial charge in [-0.2, -0.15) is 10.2 Å². The zero-order chi connectivity index (χ0) is 13.4. The van der Waals surface area contributed by atoms with Crippen molar-refractivity contribution in [3.8, 4) is 0 Å². The van der Waals surface area contributed by atoms with E-state index in [-0.39, 0.29) is 12.5 Å². The first-order valence-corrected chi connectivity index (χ1v) is 6.29. The molecule has 0 radical (unpaired) electrons. The van der Waals surface area contributed by atoms with E-state index in [0.717, 1.165) is 6.42 Å². The van der Waals surface area contributed by atoms with Crippen molar-refractivity contribution in [3.05, 3.63) is 24.0 Å². The van der Waals surface area contributed by atoms with Gasteiger partial charge in [-0.15, -0.1) is 0 Å². The number of nitrogens with one attached hydrogen (secondary N) is 1. The first-order valence-electron chi connectivity index (χ1n) is 6.29. The normalized spacial score (nSPS) is 12.4. The number of carbonyl (C=O) groups is 1. The van der Waals surface area contributed by atoms with Gasteiger partial charge in [0.25, 0.3) is 5.91 Å². The van der Waals surface area contributed by atoms with Gasteiger partial charge in [-0.25, -0.2) is 0 Å². The summed E-state index contributed by atoms with van der Waals surface area (Å²) >= 11 is 0. The molecule has 1 heterocycles. The number of rotatable bonds is 7. The van der Waals surface area contributed by atoms with E-state index >= 15 is 0 Å². The molecule has 1 amide bonds. The Morgan fingerprint density at radius 3 is 2.78 bits per heavy atom. The van der Waals surface area contributed by atoms with E-state index in [4.69, 9.17) is 5.11 Å². The van der Waals surface area contributed by atoms with E-state index in [1.807, 2.05) is 0 Å². The van der Waals surface area contributed by atoms with Crippen molar-refractivity contribution < 1.29 is 9.90 Å². The number of carbonyl (C=O) groups excluding carboxylic acids is 1. The van der Waals surface area contributed by atoms with Gasteiger partial charge in [0, 0.05) is 13.2 Å². The molecule has 2 N–H and O–H groups in total. The highest BCUT2D eigenvalue weighted by Gasteiger charge is 2.13. The predicted octanol–water partition coefficient (Wildman–Crippen LogP) is 1.25. The maximum absolute atomic E-state index is 11.8. The maximum Gasteiger partial charge on any atom is 0.252 e. The van der Waals surface area contributed by atoms with Gasteiger partial charge in [0.2, 0.25) is 0 Å². The molecule has 0 aliphatic heterocycles. The Balaban J connectivity index is 2.44. The van der Waals surface area contributed by atoms with Crippen LogP contribution in [0, 0.1) is 11.8 Å². The Morgan fingerprint density at radius 2 is 2.22 bits per heavy atom. The van der Waals surface area contributed by atoms with Crippen LogP contribution in [0.5, 0.6) is 0 Å². The van der Waals surface area contributed by atoms with Crippen molar-refractivity contribution in [3.63, 3.8) is 0 Å². The second-order valence-corrected chi connectivity index (χ2v) is 4.85. The van der Waals surface area contributed by atoms with Crippen LogP contribution in [0.1, 0.15) is 37.0 Å². The minimum absolute atomic E-state index is 0.142. The SMILES string of the molecule is CC(C)CC(CCO)CNC(=O)c1ccnnc1. The number of amides is 1. The molecule has 1 rings (SSSR count). The van der Waals surface area contributed by atoms with Crippen LogP contribution in [-0.4, -0.2) is 34.4 Å². The summed E-state index contributed by atoms with van der Waals surface area (Å²) in [5.74, 6) is 0.728. The third-order valence-corrected chi connectivity index (χ3v) is 2.74. The summed E-state index contributed by atoms with van der Waals surface area (Å²) in [6.45, 7) is 5.02. The Hall–Kier alpha value is -1.49. The third-order valence-electron chi connectivity index (χ3n) is 2.74. The van der Waals surface area contributed by atoms with Gasteiger partial charge in [-0.1, -0.05) is 13.8 Å². The maximum atomic E-state index is 11.8. The monoisotopic (exact) mass is 251 g/mol. The number of aromatic nitrogens is 2. The fraction of sp³-hybridized carbons (Fsp3) is 0.615. The number of aliphatic hydroxyl groups excluding tert-OH is 1. The summed E-state index contributed by atoms with van der Waals surface area (Å²) < 4.78 is 0. The quantitative estimate of drug-likeness (QED) is 0.765. The highest BCUT2D eigenvalue weighted by molar-refractivity contribution is 5.93. The standard InChI is InChI=1S/C13H21N3O2/c1-10(2)7-11(4-6-17)8-14-13(18)12-3-5-15-16-9-12/h3,5,9-11,17H,4,6-8H2,1-2H3,(H,14,18). The zero-order valence-electron chi connectivity index (χ0n) is 11.0. The summed E-state index contributed by atoms with van der Waals surface area (Å²) in [5.41, 5.74) is 0.511. The topological polar surface area (TPSA) is 75.1 Å². The van der Waals surface area contributed by atoms with Crippen LogP contribution in [0.3, 0.4) is 0 Å². The van der Waals surface area contributed by atoms with Gasteiger partial charge in [-0.3, -0.25) is 4.79 Å². The molecule has 0 saturated heterocycles. The molecule has 0 aromatic carbocycles. The number of hydrogen-bond acceptors (Lipinski definition) is 4. The molecule has 0 saturated carbocycles. The summed E-state index contributed by atoms with van der Waals surface area (Å²) in [5, 5.41) is 19.2. The van der Waals surface area contributed by atoms with Gasteiger partial charge >= 0.3 is 0 Å². The molecule has 0 spiro atoms. The second-order valence-electron chi connectivity index (χ2n) is 4.85. The van der Waals surface area contributed by atoms with Crippen molar-refractivity contribution in [2.75, 3.05) is 13.2 Å². The summed E-state index contributed by atoms with van der Waals surface area (Å²) in [6.07, 6.45) is 4.65. The van der Waals surface area contributed by atoms with Crippen molar-refractivity contribution in [1.82, 2.24) is 15.5 Å². The van der Waals surface area contributed by atoms with Crippen molar-refractivity contribution in [2.24, 2.45) is 11.8 Å². The highest BCUT2D eigenvalue weighted by Crippen LogP contribution is 2.14. The van der Waals surface area contributed by atoms with E-state index in [9.17, 15) is 4.79 Å².